The lowest BCUT2D eigenvalue weighted by Crippen LogP contribution is -2.28. The third-order valence-corrected chi connectivity index (χ3v) is 13.6. The van der Waals surface area contributed by atoms with E-state index in [0.29, 0.717) is 17.5 Å². The summed E-state index contributed by atoms with van der Waals surface area (Å²) in [6.07, 6.45) is 0. The van der Waals surface area contributed by atoms with Crippen LogP contribution in [0.3, 0.4) is 0 Å². The molecule has 0 saturated heterocycles. The largest absolute Gasteiger partial charge is 0.208 e. The molecule has 0 unspecified atom stereocenters. The summed E-state index contributed by atoms with van der Waals surface area (Å²) in [6, 6.07) is 80.8. The van der Waals surface area contributed by atoms with Crippen LogP contribution in [-0.2, 0) is 5.41 Å². The number of rotatable bonds is 7. The van der Waals surface area contributed by atoms with E-state index < -0.39 is 5.41 Å². The molecule has 0 spiro atoms. The predicted octanol–water partition coefficient (Wildman–Crippen LogP) is 14.9. The lowest BCUT2D eigenvalue weighted by atomic mass is 9.67. The Morgan fingerprint density at radius 2 is 0.677 bits per heavy atom. The van der Waals surface area contributed by atoms with Crippen LogP contribution in [0.5, 0.6) is 0 Å². The van der Waals surface area contributed by atoms with Gasteiger partial charge in [0.2, 0.25) is 0 Å². The van der Waals surface area contributed by atoms with Crippen molar-refractivity contribution in [2.45, 2.75) is 5.41 Å². The second-order valence-electron chi connectivity index (χ2n) is 15.9. The SMILES string of the molecule is c1ccc(-c2nc(-c3ccccc3)nc(-c3ccc(-c4ccc(-c5ccc(C6(c7ccc8c(c7)sc7ccccc78)c7ccccc7-c7ccccc76)cc5)cc4)cc3)n2)cc1. The number of hydrogen-bond acceptors (Lipinski definition) is 4. The summed E-state index contributed by atoms with van der Waals surface area (Å²) in [5.74, 6) is 1.96. The molecule has 0 bridgehead atoms. The minimum Gasteiger partial charge on any atom is -0.208 e. The van der Waals surface area contributed by atoms with E-state index in [1.54, 1.807) is 0 Å². The van der Waals surface area contributed by atoms with E-state index in [4.69, 9.17) is 15.0 Å². The Kier molecular flexibility index (Phi) is 8.58. The van der Waals surface area contributed by atoms with E-state index in [1.807, 2.05) is 72.0 Å². The molecule has 290 valence electrons. The molecular weight excluding hydrogens is 771 g/mol. The van der Waals surface area contributed by atoms with Crippen molar-refractivity contribution in [1.29, 1.82) is 0 Å². The maximum atomic E-state index is 4.92. The standard InChI is InChI=1S/C58H37N3S/c1-3-13-42(14-4-1)55-59-56(43-15-5-2-6-16-43)61-57(60-55)44-29-27-40(28-30-44)38-23-25-39(26-24-38)41-31-33-45(34-32-41)58(51-20-10-7-17-47(51)48-18-8-11-21-52(48)58)46-35-36-50-49-19-9-12-22-53(49)62-54(50)37-46/h1-37H. The molecule has 1 aliphatic carbocycles. The van der Waals surface area contributed by atoms with Crippen molar-refractivity contribution in [3.63, 3.8) is 0 Å². The fourth-order valence-electron chi connectivity index (χ4n) is 9.50. The summed E-state index contributed by atoms with van der Waals surface area (Å²) in [5, 5.41) is 2.64. The first-order valence-corrected chi connectivity index (χ1v) is 21.8. The van der Waals surface area contributed by atoms with Crippen LogP contribution in [0.4, 0.5) is 0 Å². The van der Waals surface area contributed by atoms with Crippen LogP contribution in [0, 0.1) is 0 Å². The zero-order valence-electron chi connectivity index (χ0n) is 33.6. The molecule has 0 atom stereocenters. The Morgan fingerprint density at radius 1 is 0.290 bits per heavy atom. The summed E-state index contributed by atoms with van der Waals surface area (Å²) in [7, 11) is 0. The third-order valence-electron chi connectivity index (χ3n) is 12.5. The van der Waals surface area contributed by atoms with Crippen LogP contribution in [0.15, 0.2) is 224 Å². The average molecular weight is 808 g/mol. The number of thiophene rings is 1. The van der Waals surface area contributed by atoms with Crippen molar-refractivity contribution in [2.75, 3.05) is 0 Å². The van der Waals surface area contributed by atoms with Crippen molar-refractivity contribution >= 4 is 31.5 Å². The molecule has 4 heteroatoms. The molecule has 12 rings (SSSR count). The Labute approximate surface area is 364 Å². The Bertz CT molecular complexity index is 3330. The first kappa shape index (κ1) is 36.1. The molecule has 9 aromatic carbocycles. The average Bonchev–Trinajstić information content (AvgIpc) is 3.88. The number of hydrogen-bond donors (Lipinski definition) is 0. The molecule has 11 aromatic rings. The second-order valence-corrected chi connectivity index (χ2v) is 17.0. The van der Waals surface area contributed by atoms with Crippen LogP contribution in [-0.4, -0.2) is 15.0 Å². The number of aromatic nitrogens is 3. The highest BCUT2D eigenvalue weighted by Crippen LogP contribution is 2.56. The third kappa shape index (κ3) is 5.91. The van der Waals surface area contributed by atoms with Gasteiger partial charge in [0.15, 0.2) is 17.5 Å². The maximum Gasteiger partial charge on any atom is 0.164 e. The van der Waals surface area contributed by atoms with Crippen molar-refractivity contribution in [1.82, 2.24) is 15.0 Å². The lowest BCUT2D eigenvalue weighted by Gasteiger charge is -2.34. The zero-order valence-corrected chi connectivity index (χ0v) is 34.4. The molecule has 0 N–H and O–H groups in total. The molecule has 2 aromatic heterocycles. The van der Waals surface area contributed by atoms with Crippen LogP contribution in [0.1, 0.15) is 22.3 Å². The summed E-state index contributed by atoms with van der Waals surface area (Å²) in [6.45, 7) is 0. The Hall–Kier alpha value is -7.79. The molecule has 0 fully saturated rings. The summed E-state index contributed by atoms with van der Waals surface area (Å²) >= 11 is 1.88. The highest BCUT2D eigenvalue weighted by molar-refractivity contribution is 7.25. The highest BCUT2D eigenvalue weighted by Gasteiger charge is 2.46. The summed E-state index contributed by atoms with van der Waals surface area (Å²) in [4.78, 5) is 14.7. The number of fused-ring (bicyclic) bond motifs is 6. The summed E-state index contributed by atoms with van der Waals surface area (Å²) < 4.78 is 2.64. The van der Waals surface area contributed by atoms with Gasteiger partial charge in [-0.25, -0.2) is 15.0 Å². The quantitative estimate of drug-likeness (QED) is 0.161. The Morgan fingerprint density at radius 3 is 1.21 bits per heavy atom. The number of benzene rings is 9. The van der Waals surface area contributed by atoms with Gasteiger partial charge in [-0.1, -0.05) is 212 Å². The van der Waals surface area contributed by atoms with Crippen molar-refractivity contribution in [3.8, 4) is 67.5 Å². The molecule has 0 amide bonds. The van der Waals surface area contributed by atoms with Gasteiger partial charge in [-0.05, 0) is 67.8 Å². The van der Waals surface area contributed by atoms with Crippen molar-refractivity contribution in [2.24, 2.45) is 0 Å². The van der Waals surface area contributed by atoms with Gasteiger partial charge in [0.05, 0.1) is 5.41 Å². The van der Waals surface area contributed by atoms with Crippen molar-refractivity contribution in [3.05, 3.63) is 247 Å². The lowest BCUT2D eigenvalue weighted by molar-refractivity contribution is 0.770. The molecule has 62 heavy (non-hydrogen) atoms. The van der Waals surface area contributed by atoms with Gasteiger partial charge < -0.3 is 0 Å². The van der Waals surface area contributed by atoms with Gasteiger partial charge in [-0.2, -0.15) is 0 Å². The Balaban J connectivity index is 0.879. The van der Waals surface area contributed by atoms with E-state index in [2.05, 4.69) is 164 Å². The normalized spacial score (nSPS) is 12.6. The fraction of sp³-hybridized carbons (Fsp3) is 0.0172. The van der Waals surface area contributed by atoms with E-state index >= 15 is 0 Å². The minimum absolute atomic E-state index is 0.459. The topological polar surface area (TPSA) is 38.7 Å². The van der Waals surface area contributed by atoms with Crippen LogP contribution in [0.25, 0.3) is 87.7 Å². The molecular formula is C58H37N3S. The molecule has 1 aliphatic rings. The van der Waals surface area contributed by atoms with Gasteiger partial charge in [0.1, 0.15) is 0 Å². The maximum absolute atomic E-state index is 4.92. The number of nitrogens with zero attached hydrogens (tertiary/aromatic N) is 3. The van der Waals surface area contributed by atoms with Gasteiger partial charge in [0, 0.05) is 36.9 Å². The van der Waals surface area contributed by atoms with Gasteiger partial charge in [-0.15, -0.1) is 11.3 Å². The van der Waals surface area contributed by atoms with Crippen molar-refractivity contribution < 1.29 is 0 Å². The molecule has 0 radical (unpaired) electrons. The minimum atomic E-state index is -0.459. The van der Waals surface area contributed by atoms with Gasteiger partial charge >= 0.3 is 0 Å². The summed E-state index contributed by atoms with van der Waals surface area (Å²) in [5.41, 5.74) is 14.9. The zero-order chi connectivity index (χ0) is 41.0. The molecule has 2 heterocycles. The monoisotopic (exact) mass is 807 g/mol. The van der Waals surface area contributed by atoms with Gasteiger partial charge in [0.25, 0.3) is 0 Å². The molecule has 3 nitrogen and oxygen atoms in total. The van der Waals surface area contributed by atoms with Gasteiger partial charge in [-0.3, -0.25) is 0 Å². The highest BCUT2D eigenvalue weighted by atomic mass is 32.1. The van der Waals surface area contributed by atoms with E-state index in [0.717, 1.165) is 27.8 Å². The van der Waals surface area contributed by atoms with Crippen LogP contribution in [0.2, 0.25) is 0 Å². The molecule has 0 saturated carbocycles. The van der Waals surface area contributed by atoms with Crippen LogP contribution < -0.4 is 0 Å². The second kappa shape index (κ2) is 14.7. The predicted molar refractivity (Wildman–Crippen MR) is 257 cm³/mol. The van der Waals surface area contributed by atoms with E-state index in [9.17, 15) is 0 Å². The van der Waals surface area contributed by atoms with E-state index in [1.165, 1.54) is 64.7 Å². The van der Waals surface area contributed by atoms with E-state index in [-0.39, 0.29) is 0 Å². The fourth-order valence-corrected chi connectivity index (χ4v) is 10.6. The van der Waals surface area contributed by atoms with Crippen LogP contribution >= 0.6 is 11.3 Å². The smallest absolute Gasteiger partial charge is 0.164 e. The first-order valence-electron chi connectivity index (χ1n) is 21.0. The first-order chi connectivity index (χ1) is 30.7. The molecule has 0 aliphatic heterocycles.